The van der Waals surface area contributed by atoms with E-state index in [1.54, 1.807) is 6.07 Å². The number of hydrogen-bond donors (Lipinski definition) is 3. The number of ether oxygens (including phenoxy) is 1. The molecule has 2 aliphatic carbocycles. The number of carbonyl (C=O) groups excluding carboxylic acids is 2. The summed E-state index contributed by atoms with van der Waals surface area (Å²) >= 11 is 0. The minimum Gasteiger partial charge on any atom is -0.507 e. The summed E-state index contributed by atoms with van der Waals surface area (Å²) in [5.41, 5.74) is 4.59. The van der Waals surface area contributed by atoms with Crippen molar-refractivity contribution >= 4 is 11.7 Å². The number of amides is 1. The van der Waals surface area contributed by atoms with Crippen LogP contribution in [0, 0.1) is 0 Å². The van der Waals surface area contributed by atoms with Crippen molar-refractivity contribution in [3.8, 4) is 5.75 Å². The van der Waals surface area contributed by atoms with Crippen molar-refractivity contribution in [2.24, 2.45) is 5.73 Å². The van der Waals surface area contributed by atoms with Crippen molar-refractivity contribution in [2.75, 3.05) is 20.2 Å². The molecule has 0 aromatic heterocycles. The van der Waals surface area contributed by atoms with Crippen molar-refractivity contribution < 1.29 is 24.5 Å². The molecule has 1 heterocycles. The van der Waals surface area contributed by atoms with Crippen LogP contribution in [-0.2, 0) is 21.4 Å². The third-order valence-corrected chi connectivity index (χ3v) is 7.38. The van der Waals surface area contributed by atoms with Crippen LogP contribution in [0.5, 0.6) is 5.75 Å². The van der Waals surface area contributed by atoms with E-state index in [4.69, 9.17) is 10.5 Å². The van der Waals surface area contributed by atoms with E-state index < -0.39 is 16.9 Å². The number of Topliss-reactive ketones (excluding diaryl/α,β-unsaturated/α-hetero) is 1. The van der Waals surface area contributed by atoms with Crippen LogP contribution in [-0.4, -0.2) is 64.7 Å². The maximum absolute atomic E-state index is 12.4. The number of likely N-dealkylation sites (N-methyl/N-ethyl adjacent to an activating group) is 1. The quantitative estimate of drug-likeness (QED) is 0.699. The number of fused-ring (bicyclic) bond motifs is 3. The normalized spacial score (nSPS) is 34.1. The van der Waals surface area contributed by atoms with Gasteiger partial charge in [-0.2, -0.15) is 0 Å². The van der Waals surface area contributed by atoms with Gasteiger partial charge in [-0.15, -0.1) is 0 Å². The maximum Gasteiger partial charge on any atom is 0.252 e. The van der Waals surface area contributed by atoms with Crippen LogP contribution in [0.3, 0.4) is 0 Å². The second kappa shape index (κ2) is 7.07. The van der Waals surface area contributed by atoms with E-state index in [-0.39, 0.29) is 35.7 Å². The number of nitrogens with two attached hydrogens (primary N) is 1. The minimum absolute atomic E-state index is 0.0245. The van der Waals surface area contributed by atoms with Gasteiger partial charge in [0.1, 0.15) is 11.5 Å². The fourth-order valence-electron chi connectivity index (χ4n) is 5.83. The smallest absolute Gasteiger partial charge is 0.252 e. The van der Waals surface area contributed by atoms with Crippen molar-refractivity contribution in [2.45, 2.75) is 68.6 Å². The van der Waals surface area contributed by atoms with Crippen LogP contribution in [0.4, 0.5) is 0 Å². The second-order valence-electron chi connectivity index (χ2n) is 9.13. The summed E-state index contributed by atoms with van der Waals surface area (Å²) in [4.78, 5) is 26.4. The van der Waals surface area contributed by atoms with Crippen molar-refractivity contribution in [3.63, 3.8) is 0 Å². The third kappa shape index (κ3) is 3.07. The van der Waals surface area contributed by atoms with Gasteiger partial charge in [0.15, 0.2) is 0 Å². The van der Waals surface area contributed by atoms with Gasteiger partial charge < -0.3 is 20.7 Å². The van der Waals surface area contributed by atoms with Gasteiger partial charge in [0.25, 0.3) is 5.91 Å². The average molecular weight is 402 g/mol. The predicted molar refractivity (Wildman–Crippen MR) is 107 cm³/mol. The summed E-state index contributed by atoms with van der Waals surface area (Å²) < 4.78 is 5.79. The number of aliphatic hydroxyl groups is 1. The molecule has 1 saturated heterocycles. The Hall–Kier alpha value is -1.96. The molecule has 7 heteroatoms. The van der Waals surface area contributed by atoms with E-state index in [0.717, 1.165) is 25.0 Å². The number of hydrogen-bond acceptors (Lipinski definition) is 6. The molecular weight excluding hydrogens is 372 g/mol. The summed E-state index contributed by atoms with van der Waals surface area (Å²) in [6.07, 6.45) is 3.47. The Bertz CT molecular complexity index is 850. The molecule has 0 radical (unpaired) electrons. The number of ketones is 1. The molecule has 0 bridgehead atoms. The summed E-state index contributed by atoms with van der Waals surface area (Å²) in [6, 6.07) is 3.11. The molecule has 2 fully saturated rings. The number of primary amides is 1. The van der Waals surface area contributed by atoms with Crippen LogP contribution < -0.4 is 5.73 Å². The molecule has 29 heavy (non-hydrogen) atoms. The summed E-state index contributed by atoms with van der Waals surface area (Å²) in [7, 11) is 1.99. The van der Waals surface area contributed by atoms with E-state index in [0.29, 0.717) is 31.4 Å². The number of benzene rings is 1. The first-order chi connectivity index (χ1) is 13.7. The lowest BCUT2D eigenvalue weighted by atomic mass is 9.52. The van der Waals surface area contributed by atoms with Gasteiger partial charge in [-0.25, -0.2) is 0 Å². The Labute approximate surface area is 170 Å². The topological polar surface area (TPSA) is 113 Å². The highest BCUT2D eigenvalue weighted by Crippen LogP contribution is 2.55. The lowest BCUT2D eigenvalue weighted by Gasteiger charge is -2.58. The van der Waals surface area contributed by atoms with E-state index in [2.05, 4.69) is 4.90 Å². The monoisotopic (exact) mass is 402 g/mol. The zero-order valence-electron chi connectivity index (χ0n) is 17.1. The van der Waals surface area contributed by atoms with Gasteiger partial charge in [0.2, 0.25) is 0 Å². The average Bonchev–Trinajstić information content (AvgIpc) is 3.15. The van der Waals surface area contributed by atoms with Gasteiger partial charge in [0.05, 0.1) is 17.3 Å². The molecule has 0 spiro atoms. The number of aromatic hydroxyl groups is 1. The first-order valence-electron chi connectivity index (χ1n) is 10.4. The lowest BCUT2D eigenvalue weighted by Crippen LogP contribution is -2.68. The van der Waals surface area contributed by atoms with E-state index in [1.165, 1.54) is 6.07 Å². The predicted octanol–water partition coefficient (Wildman–Crippen LogP) is 1.27. The zero-order valence-corrected chi connectivity index (χ0v) is 17.1. The molecule has 4 atom stereocenters. The van der Waals surface area contributed by atoms with Crippen molar-refractivity contribution in [1.29, 1.82) is 0 Å². The Morgan fingerprint density at radius 2 is 2.17 bits per heavy atom. The highest BCUT2D eigenvalue weighted by Gasteiger charge is 2.61. The van der Waals surface area contributed by atoms with E-state index in [1.807, 2.05) is 14.0 Å². The van der Waals surface area contributed by atoms with Crippen LogP contribution in [0.25, 0.3) is 0 Å². The Kier molecular flexibility index (Phi) is 4.96. The molecule has 1 saturated carbocycles. The van der Waals surface area contributed by atoms with Crippen LogP contribution in [0.2, 0.25) is 0 Å². The van der Waals surface area contributed by atoms with E-state index >= 15 is 0 Å². The molecule has 158 valence electrons. The molecule has 2 unspecified atom stereocenters. The summed E-state index contributed by atoms with van der Waals surface area (Å²) in [6.45, 7) is 3.31. The number of rotatable bonds is 4. The molecule has 1 aromatic carbocycles. The van der Waals surface area contributed by atoms with Crippen LogP contribution in [0.15, 0.2) is 12.1 Å². The standard InChI is InChI=1S/C22H30N2O5/c1-21-11-14(25)7-8-22(21,28)17(24(2)12-15-4-3-9-29-15)10-13-5-6-16(20(23)27)19(26)18(13)21/h5-6,15,17,26,28H,3-4,7-12H2,1-2H3,(H2,23,27)/t15?,17-,21?,22-/m1/s1. The Morgan fingerprint density at radius 3 is 2.83 bits per heavy atom. The van der Waals surface area contributed by atoms with Crippen LogP contribution >= 0.6 is 0 Å². The maximum atomic E-state index is 12.4. The summed E-state index contributed by atoms with van der Waals surface area (Å²) in [5, 5.41) is 22.9. The third-order valence-electron chi connectivity index (χ3n) is 7.38. The Balaban J connectivity index is 1.81. The SMILES string of the molecule is CN(CC1CCCO1)[C@@H]1Cc2ccc(C(N)=O)c(O)c2C2(C)CC(=O)CC[C@@]12O. The van der Waals surface area contributed by atoms with Crippen LogP contribution in [0.1, 0.15) is 60.5 Å². The molecule has 7 nitrogen and oxygen atoms in total. The van der Waals surface area contributed by atoms with Gasteiger partial charge in [-0.05, 0) is 44.4 Å². The highest BCUT2D eigenvalue weighted by atomic mass is 16.5. The van der Waals surface area contributed by atoms with Gasteiger partial charge in [0, 0.05) is 43.0 Å². The molecular formula is C22H30N2O5. The fourth-order valence-corrected chi connectivity index (χ4v) is 5.83. The lowest BCUT2D eigenvalue weighted by molar-refractivity contribution is -0.150. The van der Waals surface area contributed by atoms with Gasteiger partial charge >= 0.3 is 0 Å². The second-order valence-corrected chi connectivity index (χ2v) is 9.13. The molecule has 4 rings (SSSR count). The number of phenols is 1. The number of nitrogens with zero attached hydrogens (tertiary/aromatic N) is 1. The molecule has 1 aromatic rings. The molecule has 4 N–H and O–H groups in total. The summed E-state index contributed by atoms with van der Waals surface area (Å²) in [5.74, 6) is -0.877. The van der Waals surface area contributed by atoms with Crippen molar-refractivity contribution in [3.05, 3.63) is 28.8 Å². The Morgan fingerprint density at radius 1 is 1.41 bits per heavy atom. The zero-order chi connectivity index (χ0) is 21.0. The van der Waals surface area contributed by atoms with Gasteiger partial charge in [-0.1, -0.05) is 13.0 Å². The first kappa shape index (κ1) is 20.3. The van der Waals surface area contributed by atoms with Gasteiger partial charge in [-0.3, -0.25) is 14.5 Å². The number of carbonyl (C=O) groups is 2. The van der Waals surface area contributed by atoms with Crippen molar-refractivity contribution in [1.82, 2.24) is 4.90 Å². The fraction of sp³-hybridized carbons (Fsp3) is 0.636. The largest absolute Gasteiger partial charge is 0.507 e. The minimum atomic E-state index is -1.21. The highest BCUT2D eigenvalue weighted by molar-refractivity contribution is 5.96. The first-order valence-corrected chi connectivity index (χ1v) is 10.4. The molecule has 1 amide bonds. The molecule has 3 aliphatic rings. The molecule has 1 aliphatic heterocycles. The van der Waals surface area contributed by atoms with E-state index in [9.17, 15) is 19.8 Å².